The number of carbonyl (C=O) groups is 2. The van der Waals surface area contributed by atoms with Crippen LogP contribution < -0.4 is 11.1 Å². The molecule has 1 rings (SSSR count). The molecule has 0 aromatic carbocycles. The maximum atomic E-state index is 11.9. The number of hydrogen-bond donors (Lipinski definition) is 7. The van der Waals surface area contributed by atoms with Crippen molar-refractivity contribution in [2.24, 2.45) is 5.73 Å². The first kappa shape index (κ1) is 20.3. The molecule has 1 aliphatic heterocycles. The number of aliphatic hydroxyl groups is 4. The first-order valence-electron chi connectivity index (χ1n) is 7.58. The molecular formula is C14H24N2O8. The Bertz CT molecular complexity index is 470. The van der Waals surface area contributed by atoms with Gasteiger partial charge in [-0.2, -0.15) is 0 Å². The van der Waals surface area contributed by atoms with Crippen LogP contribution >= 0.6 is 0 Å². The highest BCUT2D eigenvalue weighted by molar-refractivity contribution is 5.84. The predicted octanol–water partition coefficient (Wildman–Crippen LogP) is -2.96. The molecule has 0 saturated carbocycles. The molecule has 1 aliphatic rings. The van der Waals surface area contributed by atoms with Crippen molar-refractivity contribution in [2.45, 2.75) is 49.7 Å². The van der Waals surface area contributed by atoms with Gasteiger partial charge in [-0.25, -0.2) is 4.79 Å². The van der Waals surface area contributed by atoms with Gasteiger partial charge in [-0.1, -0.05) is 0 Å². The van der Waals surface area contributed by atoms with Crippen LogP contribution in [0.5, 0.6) is 0 Å². The molecule has 10 heteroatoms. The third-order valence-electron chi connectivity index (χ3n) is 3.62. The standard InChI is InChI=1S/C14H24N2O8/c15-4-2-1-3-10(20)16-11-7(18)5-9(14(22)23)24-13(11)12(21)8(19)6-17/h5,7-8,11-13,17-19,21H,1-4,6,15H2,(H,16,20)(H,22,23)/t7-,8+,11+,12+,13+/m0/s1. The van der Waals surface area contributed by atoms with Crippen LogP contribution in [0.3, 0.4) is 0 Å². The number of carboxylic acid groups (broad SMARTS) is 1. The first-order valence-corrected chi connectivity index (χ1v) is 7.58. The maximum absolute atomic E-state index is 11.9. The summed E-state index contributed by atoms with van der Waals surface area (Å²) in [5.74, 6) is -2.54. The lowest BCUT2D eigenvalue weighted by Crippen LogP contribution is -2.60. The number of nitrogens with two attached hydrogens (primary N) is 1. The van der Waals surface area contributed by atoms with E-state index in [-0.39, 0.29) is 6.42 Å². The molecule has 138 valence electrons. The maximum Gasteiger partial charge on any atom is 0.370 e. The second-order valence-corrected chi connectivity index (χ2v) is 5.49. The van der Waals surface area contributed by atoms with E-state index in [9.17, 15) is 24.9 Å². The number of aliphatic carboxylic acids is 1. The third kappa shape index (κ3) is 5.42. The Hall–Kier alpha value is -1.72. The molecule has 0 aromatic rings. The van der Waals surface area contributed by atoms with E-state index >= 15 is 0 Å². The quantitative estimate of drug-likeness (QED) is 0.214. The molecular weight excluding hydrogens is 324 g/mol. The zero-order valence-electron chi connectivity index (χ0n) is 13.0. The van der Waals surface area contributed by atoms with E-state index in [2.05, 4.69) is 5.32 Å². The summed E-state index contributed by atoms with van der Waals surface area (Å²) in [6.45, 7) is -0.377. The van der Waals surface area contributed by atoms with Crippen LogP contribution in [0.2, 0.25) is 0 Å². The van der Waals surface area contributed by atoms with Crippen LogP contribution in [-0.4, -0.2) is 81.0 Å². The number of ether oxygens (including phenoxy) is 1. The van der Waals surface area contributed by atoms with Crippen LogP contribution in [0.15, 0.2) is 11.8 Å². The Morgan fingerprint density at radius 3 is 2.54 bits per heavy atom. The summed E-state index contributed by atoms with van der Waals surface area (Å²) in [4.78, 5) is 22.9. The zero-order chi connectivity index (χ0) is 18.3. The second kappa shape index (κ2) is 9.55. The van der Waals surface area contributed by atoms with E-state index < -0.39 is 54.7 Å². The van der Waals surface area contributed by atoms with Crippen LogP contribution in [0.4, 0.5) is 0 Å². The Kier molecular flexibility index (Phi) is 8.08. The highest BCUT2D eigenvalue weighted by atomic mass is 16.5. The smallest absolute Gasteiger partial charge is 0.370 e. The van der Waals surface area contributed by atoms with Gasteiger partial charge in [0.1, 0.15) is 18.3 Å². The van der Waals surface area contributed by atoms with Crippen molar-refractivity contribution in [2.75, 3.05) is 13.2 Å². The summed E-state index contributed by atoms with van der Waals surface area (Å²) in [5.41, 5.74) is 5.34. The van der Waals surface area contributed by atoms with Gasteiger partial charge in [-0.15, -0.1) is 0 Å². The Balaban J connectivity index is 2.90. The number of hydrogen-bond acceptors (Lipinski definition) is 8. The van der Waals surface area contributed by atoms with Gasteiger partial charge in [-0.3, -0.25) is 4.79 Å². The van der Waals surface area contributed by atoms with Gasteiger partial charge < -0.3 is 41.3 Å². The van der Waals surface area contributed by atoms with E-state index in [1.54, 1.807) is 0 Å². The fraction of sp³-hybridized carbons (Fsp3) is 0.714. The molecule has 0 unspecified atom stereocenters. The number of aliphatic hydroxyl groups excluding tert-OH is 4. The van der Waals surface area contributed by atoms with Gasteiger partial charge in [0.25, 0.3) is 0 Å². The van der Waals surface area contributed by atoms with Crippen molar-refractivity contribution >= 4 is 11.9 Å². The summed E-state index contributed by atoms with van der Waals surface area (Å²) in [6.07, 6.45) is -4.08. The van der Waals surface area contributed by atoms with E-state index in [4.69, 9.17) is 20.7 Å². The molecule has 0 spiro atoms. The molecule has 0 bridgehead atoms. The minimum Gasteiger partial charge on any atom is -0.478 e. The topological polar surface area (TPSA) is 183 Å². The number of nitrogens with one attached hydrogen (secondary N) is 1. The monoisotopic (exact) mass is 348 g/mol. The number of carboxylic acids is 1. The average molecular weight is 348 g/mol. The number of amides is 1. The molecule has 1 amide bonds. The van der Waals surface area contributed by atoms with Crippen molar-refractivity contribution in [3.8, 4) is 0 Å². The summed E-state index contributed by atoms with van der Waals surface area (Å²) in [6, 6.07) is -1.19. The molecule has 24 heavy (non-hydrogen) atoms. The van der Waals surface area contributed by atoms with Crippen LogP contribution in [-0.2, 0) is 14.3 Å². The van der Waals surface area contributed by atoms with E-state index in [1.165, 1.54) is 0 Å². The molecule has 1 heterocycles. The summed E-state index contributed by atoms with van der Waals surface area (Å²) in [7, 11) is 0. The van der Waals surface area contributed by atoms with E-state index in [0.29, 0.717) is 19.4 Å². The zero-order valence-corrected chi connectivity index (χ0v) is 13.0. The lowest BCUT2D eigenvalue weighted by molar-refractivity contribution is -0.149. The number of rotatable bonds is 9. The summed E-state index contributed by atoms with van der Waals surface area (Å²) >= 11 is 0. The van der Waals surface area contributed by atoms with Crippen molar-refractivity contribution in [1.82, 2.24) is 5.32 Å². The fourth-order valence-electron chi connectivity index (χ4n) is 2.30. The predicted molar refractivity (Wildman–Crippen MR) is 80.5 cm³/mol. The molecule has 0 saturated heterocycles. The van der Waals surface area contributed by atoms with Crippen LogP contribution in [0.25, 0.3) is 0 Å². The van der Waals surface area contributed by atoms with Gasteiger partial charge in [0, 0.05) is 6.42 Å². The van der Waals surface area contributed by atoms with Gasteiger partial charge in [-0.05, 0) is 25.5 Å². The summed E-state index contributed by atoms with van der Waals surface area (Å²) < 4.78 is 5.09. The van der Waals surface area contributed by atoms with Gasteiger partial charge >= 0.3 is 5.97 Å². The Labute approximate surface area is 138 Å². The average Bonchev–Trinajstić information content (AvgIpc) is 2.55. The lowest BCUT2D eigenvalue weighted by atomic mass is 9.93. The first-order chi connectivity index (χ1) is 11.3. The highest BCUT2D eigenvalue weighted by Gasteiger charge is 2.43. The van der Waals surface area contributed by atoms with Crippen molar-refractivity contribution in [1.29, 1.82) is 0 Å². The third-order valence-corrected chi connectivity index (χ3v) is 3.62. The molecule has 5 atom stereocenters. The molecule has 0 aliphatic carbocycles. The van der Waals surface area contributed by atoms with Crippen molar-refractivity contribution < 1.29 is 39.9 Å². The summed E-state index contributed by atoms with van der Waals surface area (Å²) in [5, 5.41) is 50.0. The van der Waals surface area contributed by atoms with Crippen LogP contribution in [0, 0.1) is 0 Å². The van der Waals surface area contributed by atoms with E-state index in [1.807, 2.05) is 0 Å². The number of carbonyl (C=O) groups excluding carboxylic acids is 1. The molecule has 0 fully saturated rings. The van der Waals surface area contributed by atoms with Gasteiger partial charge in [0.15, 0.2) is 6.10 Å². The van der Waals surface area contributed by atoms with Crippen molar-refractivity contribution in [3.05, 3.63) is 11.8 Å². The normalized spacial score (nSPS) is 26.0. The van der Waals surface area contributed by atoms with E-state index in [0.717, 1.165) is 6.08 Å². The Morgan fingerprint density at radius 2 is 2.00 bits per heavy atom. The molecule has 0 aromatic heterocycles. The van der Waals surface area contributed by atoms with Gasteiger partial charge in [0.05, 0.1) is 12.6 Å². The lowest BCUT2D eigenvalue weighted by Gasteiger charge is -2.38. The Morgan fingerprint density at radius 1 is 1.33 bits per heavy atom. The van der Waals surface area contributed by atoms with Crippen LogP contribution in [0.1, 0.15) is 19.3 Å². The number of unbranched alkanes of at least 4 members (excludes halogenated alkanes) is 1. The largest absolute Gasteiger partial charge is 0.478 e. The fourth-order valence-corrected chi connectivity index (χ4v) is 2.30. The van der Waals surface area contributed by atoms with Crippen molar-refractivity contribution in [3.63, 3.8) is 0 Å². The molecule has 0 radical (unpaired) electrons. The second-order valence-electron chi connectivity index (χ2n) is 5.49. The SMILES string of the molecule is NCCCCC(=O)N[C@H]1[C@H]([C@H](O)[C@H](O)CO)OC(C(=O)O)=C[C@@H]1O. The highest BCUT2D eigenvalue weighted by Crippen LogP contribution is 2.23. The molecule has 10 nitrogen and oxygen atoms in total. The van der Waals surface area contributed by atoms with Gasteiger partial charge in [0.2, 0.25) is 11.7 Å². The minimum atomic E-state index is -1.72. The minimum absolute atomic E-state index is 0.126. The molecule has 8 N–H and O–H groups in total.